The summed E-state index contributed by atoms with van der Waals surface area (Å²) in [5.74, 6) is 1.12. The van der Waals surface area contributed by atoms with Crippen LogP contribution in [0.4, 0.5) is 0 Å². The Morgan fingerprint density at radius 2 is 1.92 bits per heavy atom. The highest BCUT2D eigenvalue weighted by Crippen LogP contribution is 2.29. The molecule has 7 heteroatoms. The Hall–Kier alpha value is -1.86. The normalized spacial score (nSPS) is 22.2. The van der Waals surface area contributed by atoms with E-state index in [1.54, 1.807) is 11.8 Å². The predicted molar refractivity (Wildman–Crippen MR) is 90.6 cm³/mol. The number of hydrogen-bond donors (Lipinski definition) is 0. The maximum Gasteiger partial charge on any atom is 0.133 e. The minimum Gasteiger partial charge on any atom is -0.379 e. The summed E-state index contributed by atoms with van der Waals surface area (Å²) in [5.41, 5.74) is 2.09. The van der Waals surface area contributed by atoms with Gasteiger partial charge in [0.15, 0.2) is 0 Å². The molecule has 0 unspecified atom stereocenters. The van der Waals surface area contributed by atoms with Crippen LogP contribution in [0.5, 0.6) is 0 Å². The van der Waals surface area contributed by atoms with Gasteiger partial charge in [0.05, 0.1) is 11.8 Å². The van der Waals surface area contributed by atoms with Crippen LogP contribution in [0.15, 0.2) is 18.6 Å². The average Bonchev–Trinajstić information content (AvgIpc) is 3.13. The second-order valence-electron chi connectivity index (χ2n) is 7.56. The third-order valence-electron chi connectivity index (χ3n) is 4.43. The van der Waals surface area contributed by atoms with Crippen LogP contribution in [0, 0.1) is 0 Å². The molecule has 0 N–H and O–H groups in total. The second-order valence-corrected chi connectivity index (χ2v) is 7.56. The van der Waals surface area contributed by atoms with Crippen molar-refractivity contribution in [3.05, 3.63) is 35.7 Å². The zero-order valence-electron chi connectivity index (χ0n) is 15.1. The summed E-state index contributed by atoms with van der Waals surface area (Å²) < 4.78 is 7.41. The fourth-order valence-corrected chi connectivity index (χ4v) is 3.12. The van der Waals surface area contributed by atoms with E-state index in [0.29, 0.717) is 0 Å². The first-order chi connectivity index (χ1) is 11.4. The van der Waals surface area contributed by atoms with Crippen LogP contribution in [0.25, 0.3) is 0 Å². The van der Waals surface area contributed by atoms with E-state index >= 15 is 0 Å². The van der Waals surface area contributed by atoms with Gasteiger partial charge in [-0.15, -0.1) is 5.10 Å². The maximum atomic E-state index is 5.67. The van der Waals surface area contributed by atoms with Gasteiger partial charge in [0.1, 0.15) is 5.82 Å². The molecule has 24 heavy (non-hydrogen) atoms. The molecule has 2 atom stereocenters. The predicted octanol–water partition coefficient (Wildman–Crippen LogP) is 1.52. The lowest BCUT2D eigenvalue weighted by atomic mass is 9.96. The third-order valence-corrected chi connectivity index (χ3v) is 4.43. The quantitative estimate of drug-likeness (QED) is 0.846. The Labute approximate surface area is 143 Å². The zero-order chi connectivity index (χ0) is 17.3. The summed E-state index contributed by atoms with van der Waals surface area (Å²) in [6.07, 6.45) is 5.98. The van der Waals surface area contributed by atoms with E-state index in [9.17, 15) is 0 Å². The van der Waals surface area contributed by atoms with E-state index in [2.05, 4.69) is 46.0 Å². The highest BCUT2D eigenvalue weighted by molar-refractivity contribution is 5.13. The van der Waals surface area contributed by atoms with Gasteiger partial charge in [-0.1, -0.05) is 26.0 Å². The number of hydrogen-bond acceptors (Lipinski definition) is 6. The van der Waals surface area contributed by atoms with E-state index < -0.39 is 0 Å². The van der Waals surface area contributed by atoms with Crippen molar-refractivity contribution in [2.75, 3.05) is 20.2 Å². The van der Waals surface area contributed by atoms with Gasteiger partial charge in [-0.3, -0.25) is 9.58 Å². The summed E-state index contributed by atoms with van der Waals surface area (Å²) >= 11 is 0. The standard InChI is InChI=1S/C17H26N6O/c1-17(2,3)16-18-6-12(7-19-16)8-23-9-13(15(11-23)24-5)14-10-22(4)21-20-14/h6-7,10,13,15H,8-9,11H2,1-5H3/t13-,15+/m0/s1. The summed E-state index contributed by atoms with van der Waals surface area (Å²) in [7, 11) is 3.65. The molecule has 0 spiro atoms. The molecule has 3 heterocycles. The lowest BCUT2D eigenvalue weighted by molar-refractivity contribution is 0.0957. The van der Waals surface area contributed by atoms with Crippen molar-refractivity contribution in [3.8, 4) is 0 Å². The largest absolute Gasteiger partial charge is 0.379 e. The summed E-state index contributed by atoms with van der Waals surface area (Å²) in [4.78, 5) is 11.4. The first kappa shape index (κ1) is 17.0. The second kappa shape index (κ2) is 6.57. The van der Waals surface area contributed by atoms with Crippen LogP contribution >= 0.6 is 0 Å². The number of ether oxygens (including phenoxy) is 1. The molecule has 0 aliphatic carbocycles. The van der Waals surface area contributed by atoms with Crippen LogP contribution in [-0.4, -0.2) is 56.2 Å². The molecule has 3 rings (SSSR count). The molecule has 0 aromatic carbocycles. The van der Waals surface area contributed by atoms with Gasteiger partial charge in [-0.25, -0.2) is 9.97 Å². The van der Waals surface area contributed by atoms with Gasteiger partial charge < -0.3 is 4.74 Å². The van der Waals surface area contributed by atoms with Gasteiger partial charge in [0.2, 0.25) is 0 Å². The fourth-order valence-electron chi connectivity index (χ4n) is 3.12. The van der Waals surface area contributed by atoms with Crippen LogP contribution in [-0.2, 0) is 23.7 Å². The van der Waals surface area contributed by atoms with E-state index in [1.807, 2.05) is 25.6 Å². The van der Waals surface area contributed by atoms with Crippen LogP contribution < -0.4 is 0 Å². The third kappa shape index (κ3) is 3.62. The lowest BCUT2D eigenvalue weighted by Gasteiger charge is -2.18. The smallest absolute Gasteiger partial charge is 0.133 e. The van der Waals surface area contributed by atoms with Gasteiger partial charge >= 0.3 is 0 Å². The molecule has 2 aromatic rings. The summed E-state index contributed by atoms with van der Waals surface area (Å²) in [6, 6.07) is 0. The minimum atomic E-state index is -0.0234. The molecular weight excluding hydrogens is 304 g/mol. The molecule has 1 aliphatic rings. The average molecular weight is 330 g/mol. The zero-order valence-corrected chi connectivity index (χ0v) is 15.1. The molecule has 0 saturated carbocycles. The molecule has 0 bridgehead atoms. The Morgan fingerprint density at radius 1 is 1.21 bits per heavy atom. The van der Waals surface area contributed by atoms with Crippen molar-refractivity contribution in [1.82, 2.24) is 29.9 Å². The molecule has 0 radical (unpaired) electrons. The molecule has 2 aromatic heterocycles. The molecule has 0 amide bonds. The van der Waals surface area contributed by atoms with Crippen molar-refractivity contribution in [2.45, 2.75) is 44.8 Å². The number of likely N-dealkylation sites (tertiary alicyclic amines) is 1. The molecular formula is C17H26N6O. The molecule has 1 fully saturated rings. The highest BCUT2D eigenvalue weighted by Gasteiger charge is 2.35. The van der Waals surface area contributed by atoms with Crippen LogP contribution in [0.1, 0.15) is 43.8 Å². The fraction of sp³-hybridized carbons (Fsp3) is 0.647. The van der Waals surface area contributed by atoms with E-state index in [1.165, 1.54) is 0 Å². The molecule has 1 aliphatic heterocycles. The monoisotopic (exact) mass is 330 g/mol. The van der Waals surface area contributed by atoms with Crippen molar-refractivity contribution in [3.63, 3.8) is 0 Å². The molecule has 130 valence electrons. The number of rotatable bonds is 4. The number of aromatic nitrogens is 5. The number of nitrogens with zero attached hydrogens (tertiary/aromatic N) is 6. The number of methoxy groups -OCH3 is 1. The summed E-state index contributed by atoms with van der Waals surface area (Å²) in [6.45, 7) is 8.96. The van der Waals surface area contributed by atoms with Crippen molar-refractivity contribution in [2.24, 2.45) is 7.05 Å². The van der Waals surface area contributed by atoms with Gasteiger partial charge in [0, 0.05) is 69.3 Å². The van der Waals surface area contributed by atoms with E-state index in [0.717, 1.165) is 36.7 Å². The molecule has 1 saturated heterocycles. The highest BCUT2D eigenvalue weighted by atomic mass is 16.5. The van der Waals surface area contributed by atoms with Gasteiger partial charge in [0.25, 0.3) is 0 Å². The van der Waals surface area contributed by atoms with Gasteiger partial charge in [-0.05, 0) is 0 Å². The Bertz CT molecular complexity index is 675. The maximum absolute atomic E-state index is 5.67. The van der Waals surface area contributed by atoms with Crippen LogP contribution in [0.3, 0.4) is 0 Å². The SMILES string of the molecule is CO[C@@H]1CN(Cc2cnc(C(C)(C)C)nc2)C[C@H]1c1cn(C)nn1. The first-order valence-corrected chi connectivity index (χ1v) is 8.29. The van der Waals surface area contributed by atoms with E-state index in [-0.39, 0.29) is 17.4 Å². The van der Waals surface area contributed by atoms with Crippen molar-refractivity contribution < 1.29 is 4.74 Å². The van der Waals surface area contributed by atoms with Crippen molar-refractivity contribution >= 4 is 0 Å². The van der Waals surface area contributed by atoms with Crippen molar-refractivity contribution in [1.29, 1.82) is 0 Å². The molecule has 7 nitrogen and oxygen atoms in total. The topological polar surface area (TPSA) is 69.0 Å². The summed E-state index contributed by atoms with van der Waals surface area (Å²) in [5, 5.41) is 8.30. The van der Waals surface area contributed by atoms with E-state index in [4.69, 9.17) is 4.74 Å². The number of aryl methyl sites for hydroxylation is 1. The Kier molecular flexibility index (Phi) is 4.64. The van der Waals surface area contributed by atoms with Crippen LogP contribution in [0.2, 0.25) is 0 Å². The lowest BCUT2D eigenvalue weighted by Crippen LogP contribution is -2.23. The Balaban J connectivity index is 1.68. The first-order valence-electron chi connectivity index (χ1n) is 8.29. The minimum absolute atomic E-state index is 0.0234. The van der Waals surface area contributed by atoms with Gasteiger partial charge in [-0.2, -0.15) is 0 Å². The Morgan fingerprint density at radius 3 is 2.46 bits per heavy atom.